The number of carbonyl (C=O) groups excluding carboxylic acids is 1. The zero-order chi connectivity index (χ0) is 12.4. The lowest BCUT2D eigenvalue weighted by molar-refractivity contribution is 0.0768. The second-order valence-electron chi connectivity index (χ2n) is 4.12. The fourth-order valence-electron chi connectivity index (χ4n) is 1.99. The van der Waals surface area contributed by atoms with Crippen LogP contribution in [0.15, 0.2) is 24.3 Å². The molecule has 0 saturated heterocycles. The molecule has 0 bridgehead atoms. The van der Waals surface area contributed by atoms with Crippen molar-refractivity contribution in [1.82, 2.24) is 9.88 Å². The van der Waals surface area contributed by atoms with E-state index in [9.17, 15) is 4.79 Å². The number of aliphatic hydroxyl groups excluding tert-OH is 1. The number of amides is 1. The van der Waals surface area contributed by atoms with Crippen molar-refractivity contribution in [3.8, 4) is 0 Å². The highest BCUT2D eigenvalue weighted by atomic mass is 16.3. The number of fused-ring (bicyclic) bond motifs is 1. The highest BCUT2D eigenvalue weighted by molar-refractivity contribution is 6.07. The van der Waals surface area contributed by atoms with E-state index >= 15 is 0 Å². The predicted octanol–water partition coefficient (Wildman–Crippen LogP) is 1.54. The van der Waals surface area contributed by atoms with Crippen molar-refractivity contribution >= 4 is 16.8 Å². The van der Waals surface area contributed by atoms with Crippen molar-refractivity contribution in [2.45, 2.75) is 6.92 Å². The van der Waals surface area contributed by atoms with Crippen LogP contribution in [0.4, 0.5) is 0 Å². The van der Waals surface area contributed by atoms with Gasteiger partial charge in [0.1, 0.15) is 0 Å². The highest BCUT2D eigenvalue weighted by Gasteiger charge is 2.18. The molecule has 1 heterocycles. The molecule has 0 aliphatic rings. The van der Waals surface area contributed by atoms with E-state index in [-0.39, 0.29) is 12.5 Å². The predicted molar refractivity (Wildman–Crippen MR) is 67.1 cm³/mol. The number of H-pyrrole nitrogens is 1. The summed E-state index contributed by atoms with van der Waals surface area (Å²) in [5, 5.41) is 9.79. The number of likely N-dealkylation sites (N-methyl/N-ethyl adjacent to an activating group) is 1. The summed E-state index contributed by atoms with van der Waals surface area (Å²) in [5.74, 6) is -0.0611. The Morgan fingerprint density at radius 3 is 2.82 bits per heavy atom. The van der Waals surface area contributed by atoms with Gasteiger partial charge < -0.3 is 15.0 Å². The van der Waals surface area contributed by atoms with Crippen molar-refractivity contribution in [2.24, 2.45) is 0 Å². The molecule has 1 aromatic heterocycles. The van der Waals surface area contributed by atoms with Crippen LogP contribution in [0.25, 0.3) is 10.9 Å². The van der Waals surface area contributed by atoms with Gasteiger partial charge in [-0.1, -0.05) is 18.2 Å². The minimum Gasteiger partial charge on any atom is -0.395 e. The molecule has 0 aliphatic carbocycles. The Balaban J connectivity index is 2.47. The molecular weight excluding hydrogens is 216 g/mol. The highest BCUT2D eigenvalue weighted by Crippen LogP contribution is 2.22. The monoisotopic (exact) mass is 232 g/mol. The first-order valence-corrected chi connectivity index (χ1v) is 5.58. The van der Waals surface area contributed by atoms with Crippen molar-refractivity contribution in [2.75, 3.05) is 20.2 Å². The molecule has 0 saturated carbocycles. The van der Waals surface area contributed by atoms with Crippen molar-refractivity contribution < 1.29 is 9.90 Å². The van der Waals surface area contributed by atoms with E-state index in [4.69, 9.17) is 5.11 Å². The maximum atomic E-state index is 12.2. The van der Waals surface area contributed by atoms with Gasteiger partial charge >= 0.3 is 0 Å². The molecule has 0 radical (unpaired) electrons. The number of aliphatic hydroxyl groups is 1. The average molecular weight is 232 g/mol. The molecule has 4 heteroatoms. The molecule has 2 N–H and O–H groups in total. The first-order chi connectivity index (χ1) is 8.15. The number of aromatic nitrogens is 1. The van der Waals surface area contributed by atoms with Gasteiger partial charge in [0.05, 0.1) is 12.2 Å². The van der Waals surface area contributed by atoms with E-state index in [2.05, 4.69) is 4.98 Å². The number of benzene rings is 1. The molecule has 17 heavy (non-hydrogen) atoms. The molecule has 0 unspecified atom stereocenters. The minimum atomic E-state index is -0.0611. The fourth-order valence-corrected chi connectivity index (χ4v) is 1.99. The quantitative estimate of drug-likeness (QED) is 0.843. The summed E-state index contributed by atoms with van der Waals surface area (Å²) < 4.78 is 0. The molecule has 90 valence electrons. The number of para-hydroxylation sites is 1. The molecule has 0 spiro atoms. The summed E-state index contributed by atoms with van der Waals surface area (Å²) in [6.07, 6.45) is 0. The summed E-state index contributed by atoms with van der Waals surface area (Å²) in [6.45, 7) is 2.21. The first kappa shape index (κ1) is 11.7. The summed E-state index contributed by atoms with van der Waals surface area (Å²) in [4.78, 5) is 17.0. The van der Waals surface area contributed by atoms with Gasteiger partial charge in [-0.25, -0.2) is 0 Å². The largest absolute Gasteiger partial charge is 0.395 e. The summed E-state index contributed by atoms with van der Waals surface area (Å²) in [7, 11) is 1.69. The third kappa shape index (κ3) is 2.03. The van der Waals surface area contributed by atoms with Crippen LogP contribution in [0, 0.1) is 6.92 Å². The number of hydrogen-bond acceptors (Lipinski definition) is 2. The number of aryl methyl sites for hydroxylation is 1. The lowest BCUT2D eigenvalue weighted by Gasteiger charge is -2.15. The number of rotatable bonds is 3. The number of nitrogens with one attached hydrogen (secondary N) is 1. The zero-order valence-corrected chi connectivity index (χ0v) is 10.0. The van der Waals surface area contributed by atoms with E-state index < -0.39 is 0 Å². The molecular formula is C13H16N2O2. The van der Waals surface area contributed by atoms with Crippen LogP contribution >= 0.6 is 0 Å². The lowest BCUT2D eigenvalue weighted by atomic mass is 10.1. The van der Waals surface area contributed by atoms with Crippen LogP contribution in [-0.2, 0) is 0 Å². The topological polar surface area (TPSA) is 56.3 Å². The standard InChI is InChI=1S/C13H16N2O2/c1-9-12(13(17)15(2)7-8-16)10-5-3-4-6-11(10)14-9/h3-6,14,16H,7-8H2,1-2H3. The van der Waals surface area contributed by atoms with E-state index in [1.165, 1.54) is 4.90 Å². The SMILES string of the molecule is Cc1[nH]c2ccccc2c1C(=O)N(C)CCO. The third-order valence-electron chi connectivity index (χ3n) is 2.89. The van der Waals surface area contributed by atoms with Crippen LogP contribution in [0.2, 0.25) is 0 Å². The molecule has 2 aromatic rings. The number of hydrogen-bond donors (Lipinski definition) is 2. The second-order valence-corrected chi connectivity index (χ2v) is 4.12. The second kappa shape index (κ2) is 4.59. The summed E-state index contributed by atoms with van der Waals surface area (Å²) >= 11 is 0. The van der Waals surface area contributed by atoms with Crippen LogP contribution in [0.5, 0.6) is 0 Å². The van der Waals surface area contributed by atoms with Crippen molar-refractivity contribution in [3.63, 3.8) is 0 Å². The van der Waals surface area contributed by atoms with Crippen LogP contribution in [0.3, 0.4) is 0 Å². The first-order valence-electron chi connectivity index (χ1n) is 5.58. The van der Waals surface area contributed by atoms with Crippen LogP contribution < -0.4 is 0 Å². The number of aromatic amines is 1. The zero-order valence-electron chi connectivity index (χ0n) is 10.0. The molecule has 1 amide bonds. The minimum absolute atomic E-state index is 0.0242. The number of carbonyl (C=O) groups is 1. The van der Waals surface area contributed by atoms with Gasteiger partial charge in [0, 0.05) is 30.2 Å². The van der Waals surface area contributed by atoms with Crippen LogP contribution in [-0.4, -0.2) is 41.1 Å². The van der Waals surface area contributed by atoms with Gasteiger partial charge in [-0.05, 0) is 13.0 Å². The normalized spacial score (nSPS) is 10.8. The smallest absolute Gasteiger partial charge is 0.256 e. The molecule has 1 aromatic carbocycles. The molecule has 4 nitrogen and oxygen atoms in total. The van der Waals surface area contributed by atoms with Gasteiger partial charge in [-0.15, -0.1) is 0 Å². The van der Waals surface area contributed by atoms with Gasteiger partial charge in [-0.2, -0.15) is 0 Å². The molecule has 2 rings (SSSR count). The Morgan fingerprint density at radius 2 is 2.12 bits per heavy atom. The Labute approximate surface area is 99.9 Å². The Hall–Kier alpha value is -1.81. The van der Waals surface area contributed by atoms with Crippen LogP contribution in [0.1, 0.15) is 16.1 Å². The average Bonchev–Trinajstić information content (AvgIpc) is 2.64. The van der Waals surface area contributed by atoms with Crippen molar-refractivity contribution in [1.29, 1.82) is 0 Å². The third-order valence-corrected chi connectivity index (χ3v) is 2.89. The van der Waals surface area contributed by atoms with Gasteiger partial charge in [0.15, 0.2) is 0 Å². The Morgan fingerprint density at radius 1 is 1.41 bits per heavy atom. The van der Waals surface area contributed by atoms with E-state index in [1.807, 2.05) is 31.2 Å². The molecule has 0 aliphatic heterocycles. The van der Waals surface area contributed by atoms with E-state index in [0.717, 1.165) is 16.6 Å². The summed E-state index contributed by atoms with van der Waals surface area (Å²) in [5.41, 5.74) is 2.52. The molecule has 0 fully saturated rings. The maximum Gasteiger partial charge on any atom is 0.256 e. The lowest BCUT2D eigenvalue weighted by Crippen LogP contribution is -2.29. The maximum absolute atomic E-state index is 12.2. The fraction of sp³-hybridized carbons (Fsp3) is 0.308. The van der Waals surface area contributed by atoms with E-state index in [0.29, 0.717) is 12.1 Å². The van der Waals surface area contributed by atoms with Crippen molar-refractivity contribution in [3.05, 3.63) is 35.5 Å². The summed E-state index contributed by atoms with van der Waals surface area (Å²) in [6, 6.07) is 7.73. The Kier molecular flexibility index (Phi) is 3.15. The Bertz CT molecular complexity index is 545. The van der Waals surface area contributed by atoms with Gasteiger partial charge in [0.2, 0.25) is 0 Å². The molecule has 0 atom stereocenters. The number of nitrogens with zero attached hydrogens (tertiary/aromatic N) is 1. The van der Waals surface area contributed by atoms with Gasteiger partial charge in [-0.3, -0.25) is 4.79 Å². The van der Waals surface area contributed by atoms with E-state index in [1.54, 1.807) is 7.05 Å². The van der Waals surface area contributed by atoms with Gasteiger partial charge in [0.25, 0.3) is 5.91 Å².